The van der Waals surface area contributed by atoms with Gasteiger partial charge in [0.05, 0.1) is 6.07 Å². The monoisotopic (exact) mass is 259 g/mol. The second-order valence-electron chi connectivity index (χ2n) is 5.31. The molecule has 0 aromatic heterocycles. The van der Waals surface area contributed by atoms with E-state index in [0.717, 1.165) is 6.71 Å². The molecule has 0 aromatic rings. The van der Waals surface area contributed by atoms with Crippen LogP contribution in [0.25, 0.3) is 0 Å². The zero-order chi connectivity index (χ0) is 14.3. The number of rotatable bonds is 11. The number of nitrogens with zero attached hydrogens (tertiary/aromatic N) is 1. The number of nitriles is 1. The standard InChI is InChI=1S/C17H30BN/c1-4-7-12-17(13-10-11-16-19)18(14-8-5-2)15-9-6-3/h10-11,13H,4-9,12,14-15H2,1-3H3/b11-10-,17-13-. The Hall–Kier alpha value is -0.965. The molecular formula is C17H30BN. The Morgan fingerprint density at radius 3 is 2.05 bits per heavy atom. The lowest BCUT2D eigenvalue weighted by Gasteiger charge is -2.17. The minimum atomic E-state index is 0.731. The molecule has 0 aliphatic carbocycles. The van der Waals surface area contributed by atoms with Crippen LogP contribution in [-0.4, -0.2) is 6.71 Å². The molecule has 0 spiro atoms. The summed E-state index contributed by atoms with van der Waals surface area (Å²) >= 11 is 0. The van der Waals surface area contributed by atoms with E-state index in [1.54, 1.807) is 11.5 Å². The summed E-state index contributed by atoms with van der Waals surface area (Å²) in [5.41, 5.74) is 1.57. The summed E-state index contributed by atoms with van der Waals surface area (Å²) in [6, 6.07) is 2.08. The van der Waals surface area contributed by atoms with Crippen LogP contribution in [-0.2, 0) is 0 Å². The van der Waals surface area contributed by atoms with E-state index >= 15 is 0 Å². The molecule has 106 valence electrons. The first-order valence-electron chi connectivity index (χ1n) is 8.05. The molecule has 0 N–H and O–H groups in total. The van der Waals surface area contributed by atoms with Crippen molar-refractivity contribution in [3.05, 3.63) is 23.7 Å². The molecule has 0 amide bonds. The highest BCUT2D eigenvalue weighted by molar-refractivity contribution is 6.66. The molecule has 19 heavy (non-hydrogen) atoms. The van der Waals surface area contributed by atoms with Gasteiger partial charge in [-0.25, -0.2) is 0 Å². The quantitative estimate of drug-likeness (QED) is 0.260. The molecule has 0 saturated carbocycles. The molecule has 0 saturated heterocycles. The third kappa shape index (κ3) is 9.59. The topological polar surface area (TPSA) is 23.8 Å². The SMILES string of the molecule is CCCCB(CCCC)/C(=C\C=C/C#N)CCCC. The van der Waals surface area contributed by atoms with Crippen LogP contribution in [0.2, 0.25) is 12.6 Å². The van der Waals surface area contributed by atoms with Crippen LogP contribution in [0.15, 0.2) is 23.7 Å². The zero-order valence-corrected chi connectivity index (χ0v) is 13.1. The van der Waals surface area contributed by atoms with E-state index in [-0.39, 0.29) is 0 Å². The molecule has 0 atom stereocenters. The van der Waals surface area contributed by atoms with E-state index in [1.807, 2.05) is 6.08 Å². The lowest BCUT2D eigenvalue weighted by Crippen LogP contribution is -2.16. The van der Waals surface area contributed by atoms with Gasteiger partial charge in [-0.2, -0.15) is 5.26 Å². The number of hydrogen-bond acceptors (Lipinski definition) is 1. The summed E-state index contributed by atoms with van der Waals surface area (Å²) in [6.45, 7) is 7.51. The van der Waals surface area contributed by atoms with E-state index in [1.165, 1.54) is 57.6 Å². The maximum Gasteiger partial charge on any atom is 0.170 e. The maximum absolute atomic E-state index is 8.61. The molecule has 0 aliphatic rings. The molecule has 0 aromatic carbocycles. The third-order valence-electron chi connectivity index (χ3n) is 3.64. The van der Waals surface area contributed by atoms with Crippen molar-refractivity contribution >= 4 is 6.71 Å². The molecule has 1 nitrogen and oxygen atoms in total. The van der Waals surface area contributed by atoms with Gasteiger partial charge in [0.1, 0.15) is 0 Å². The Labute approximate surface area is 120 Å². The van der Waals surface area contributed by atoms with Crippen LogP contribution in [0.4, 0.5) is 0 Å². The van der Waals surface area contributed by atoms with Crippen LogP contribution in [0.3, 0.4) is 0 Å². The van der Waals surface area contributed by atoms with Gasteiger partial charge in [-0.1, -0.05) is 84.1 Å². The lowest BCUT2D eigenvalue weighted by molar-refractivity contribution is 0.793. The van der Waals surface area contributed by atoms with Crippen molar-refractivity contribution in [1.29, 1.82) is 5.26 Å². The molecule has 0 bridgehead atoms. The summed E-state index contributed by atoms with van der Waals surface area (Å²) in [7, 11) is 0. The second kappa shape index (κ2) is 13.5. The molecule has 0 heterocycles. The molecule has 0 fully saturated rings. The highest BCUT2D eigenvalue weighted by Crippen LogP contribution is 2.21. The molecule has 0 unspecified atom stereocenters. The molecule has 0 rings (SSSR count). The fraction of sp³-hybridized carbons (Fsp3) is 0.706. The van der Waals surface area contributed by atoms with Gasteiger partial charge < -0.3 is 0 Å². The minimum absolute atomic E-state index is 0.731. The normalized spacial score (nSPS) is 11.8. The maximum atomic E-state index is 8.61. The molecule has 2 heteroatoms. The van der Waals surface area contributed by atoms with E-state index in [4.69, 9.17) is 5.26 Å². The van der Waals surface area contributed by atoms with Crippen LogP contribution < -0.4 is 0 Å². The average molecular weight is 259 g/mol. The summed E-state index contributed by atoms with van der Waals surface area (Å²) in [5, 5.41) is 8.61. The van der Waals surface area contributed by atoms with Crippen molar-refractivity contribution in [3.63, 3.8) is 0 Å². The predicted molar refractivity (Wildman–Crippen MR) is 87.5 cm³/mol. The van der Waals surface area contributed by atoms with Crippen molar-refractivity contribution in [1.82, 2.24) is 0 Å². The number of hydrogen-bond donors (Lipinski definition) is 0. The van der Waals surface area contributed by atoms with Crippen molar-refractivity contribution in [3.8, 4) is 6.07 Å². The highest BCUT2D eigenvalue weighted by atomic mass is 14.2. The summed E-state index contributed by atoms with van der Waals surface area (Å²) in [4.78, 5) is 0. The Morgan fingerprint density at radius 2 is 1.58 bits per heavy atom. The van der Waals surface area contributed by atoms with Crippen LogP contribution in [0.5, 0.6) is 0 Å². The zero-order valence-electron chi connectivity index (χ0n) is 13.1. The average Bonchev–Trinajstić information content (AvgIpc) is 2.43. The largest absolute Gasteiger partial charge is 0.193 e. The van der Waals surface area contributed by atoms with E-state index in [2.05, 4.69) is 32.9 Å². The van der Waals surface area contributed by atoms with Gasteiger partial charge in [-0.3, -0.25) is 0 Å². The Kier molecular flexibility index (Phi) is 12.8. The van der Waals surface area contributed by atoms with Crippen LogP contribution in [0, 0.1) is 11.3 Å². The van der Waals surface area contributed by atoms with Crippen molar-refractivity contribution in [2.75, 3.05) is 0 Å². The van der Waals surface area contributed by atoms with Gasteiger partial charge in [-0.05, 0) is 6.42 Å². The van der Waals surface area contributed by atoms with Gasteiger partial charge in [0.15, 0.2) is 6.71 Å². The smallest absolute Gasteiger partial charge is 0.170 e. The Bertz CT molecular complexity index is 291. The van der Waals surface area contributed by atoms with E-state index < -0.39 is 0 Å². The second-order valence-corrected chi connectivity index (χ2v) is 5.31. The Morgan fingerprint density at radius 1 is 1.00 bits per heavy atom. The van der Waals surface area contributed by atoms with Gasteiger partial charge in [0.2, 0.25) is 0 Å². The first kappa shape index (κ1) is 18.0. The fourth-order valence-corrected chi connectivity index (χ4v) is 2.44. The van der Waals surface area contributed by atoms with Gasteiger partial charge in [-0.15, -0.1) is 5.47 Å². The van der Waals surface area contributed by atoms with Crippen molar-refractivity contribution in [2.24, 2.45) is 0 Å². The number of allylic oxidation sites excluding steroid dienone is 4. The Balaban J connectivity index is 4.71. The van der Waals surface area contributed by atoms with Gasteiger partial charge in [0.25, 0.3) is 0 Å². The molecule has 0 aliphatic heterocycles. The van der Waals surface area contributed by atoms with Crippen molar-refractivity contribution < 1.29 is 0 Å². The predicted octanol–water partition coefficient (Wildman–Crippen LogP) is 5.82. The van der Waals surface area contributed by atoms with E-state index in [9.17, 15) is 0 Å². The van der Waals surface area contributed by atoms with Crippen LogP contribution in [0.1, 0.15) is 65.7 Å². The fourth-order valence-electron chi connectivity index (χ4n) is 2.44. The van der Waals surface area contributed by atoms with Crippen molar-refractivity contribution in [2.45, 2.75) is 78.4 Å². The van der Waals surface area contributed by atoms with Gasteiger partial charge in [0, 0.05) is 6.08 Å². The minimum Gasteiger partial charge on any atom is -0.193 e. The van der Waals surface area contributed by atoms with E-state index in [0.29, 0.717) is 0 Å². The van der Waals surface area contributed by atoms with Crippen LogP contribution >= 0.6 is 0 Å². The summed E-state index contributed by atoms with van der Waals surface area (Å²) in [6.07, 6.45) is 17.2. The molecular weight excluding hydrogens is 229 g/mol. The number of unbranched alkanes of at least 4 members (excludes halogenated alkanes) is 3. The lowest BCUT2D eigenvalue weighted by atomic mass is 9.38. The molecule has 0 radical (unpaired) electrons. The third-order valence-corrected chi connectivity index (χ3v) is 3.64. The summed E-state index contributed by atoms with van der Waals surface area (Å²) in [5.74, 6) is 0. The first-order valence-corrected chi connectivity index (χ1v) is 8.05. The summed E-state index contributed by atoms with van der Waals surface area (Å²) < 4.78 is 0. The highest BCUT2D eigenvalue weighted by Gasteiger charge is 2.16. The van der Waals surface area contributed by atoms with Gasteiger partial charge >= 0.3 is 0 Å². The first-order chi connectivity index (χ1) is 9.29.